The second-order valence-electron chi connectivity index (χ2n) is 4.93. The van der Waals surface area contributed by atoms with Crippen molar-refractivity contribution in [3.63, 3.8) is 0 Å². The maximum atomic E-state index is 12.6. The lowest BCUT2D eigenvalue weighted by molar-refractivity contribution is 0.121. The minimum absolute atomic E-state index is 0.294. The normalized spacial score (nSPS) is 18.1. The van der Waals surface area contributed by atoms with Crippen molar-refractivity contribution in [3.05, 3.63) is 18.3 Å². The van der Waals surface area contributed by atoms with Crippen molar-refractivity contribution in [2.24, 2.45) is 5.92 Å². The zero-order chi connectivity index (χ0) is 14.6. The molecule has 7 heteroatoms. The van der Waals surface area contributed by atoms with Gasteiger partial charge in [-0.2, -0.15) is 4.31 Å². The summed E-state index contributed by atoms with van der Waals surface area (Å²) in [6.07, 6.45) is 3.20. The van der Waals surface area contributed by atoms with E-state index in [1.807, 2.05) is 0 Å². The van der Waals surface area contributed by atoms with Crippen molar-refractivity contribution < 1.29 is 13.2 Å². The number of methoxy groups -OCH3 is 1. The predicted molar refractivity (Wildman–Crippen MR) is 77.1 cm³/mol. The Bertz CT molecular complexity index is 540. The molecule has 0 radical (unpaired) electrons. The topological polar surface area (TPSA) is 71.5 Å². The van der Waals surface area contributed by atoms with Crippen LogP contribution in [0.1, 0.15) is 12.8 Å². The molecule has 1 aliphatic heterocycles. The summed E-state index contributed by atoms with van der Waals surface area (Å²) in [6, 6.07) is 3.11. The molecular formula is C13H21N3O3S. The highest BCUT2D eigenvalue weighted by Crippen LogP contribution is 2.24. The van der Waals surface area contributed by atoms with Gasteiger partial charge in [0.25, 0.3) is 0 Å². The Morgan fingerprint density at radius 3 is 2.75 bits per heavy atom. The number of hydrogen-bond acceptors (Lipinski definition) is 5. The Kier molecular flexibility index (Phi) is 4.95. The lowest BCUT2D eigenvalue weighted by atomic mass is 9.99. The van der Waals surface area contributed by atoms with Gasteiger partial charge in [0.15, 0.2) is 0 Å². The number of pyridine rings is 1. The predicted octanol–water partition coefficient (Wildman–Crippen LogP) is 1.17. The standard InChI is InChI=1S/C13H21N3O3S/c1-14-13-9-12(3-6-15-13)20(17,18)16-7-4-11(5-8-16)10-19-2/h3,6,9,11H,4-5,7-8,10H2,1-2H3,(H,14,15). The van der Waals surface area contributed by atoms with Gasteiger partial charge in [-0.1, -0.05) is 0 Å². The van der Waals surface area contributed by atoms with Crippen molar-refractivity contribution in [3.8, 4) is 0 Å². The van der Waals surface area contributed by atoms with Crippen molar-refractivity contribution in [1.29, 1.82) is 0 Å². The van der Waals surface area contributed by atoms with E-state index < -0.39 is 10.0 Å². The highest BCUT2D eigenvalue weighted by Gasteiger charge is 2.29. The summed E-state index contributed by atoms with van der Waals surface area (Å²) >= 11 is 0. The second-order valence-corrected chi connectivity index (χ2v) is 6.87. The molecule has 0 bridgehead atoms. The van der Waals surface area contributed by atoms with E-state index in [9.17, 15) is 8.42 Å². The van der Waals surface area contributed by atoms with Gasteiger partial charge >= 0.3 is 0 Å². The van der Waals surface area contributed by atoms with Gasteiger partial charge in [0.2, 0.25) is 10.0 Å². The van der Waals surface area contributed by atoms with Crippen LogP contribution >= 0.6 is 0 Å². The third-order valence-electron chi connectivity index (χ3n) is 3.60. The molecule has 0 aliphatic carbocycles. The lowest BCUT2D eigenvalue weighted by Gasteiger charge is -2.30. The van der Waals surface area contributed by atoms with Crippen LogP contribution in [0.5, 0.6) is 0 Å². The van der Waals surface area contributed by atoms with Crippen molar-refractivity contribution in [2.45, 2.75) is 17.7 Å². The quantitative estimate of drug-likeness (QED) is 0.883. The van der Waals surface area contributed by atoms with E-state index in [-0.39, 0.29) is 0 Å². The van der Waals surface area contributed by atoms with Crippen LogP contribution in [0.2, 0.25) is 0 Å². The zero-order valence-corrected chi connectivity index (χ0v) is 12.7. The summed E-state index contributed by atoms with van der Waals surface area (Å²) in [4.78, 5) is 4.34. The van der Waals surface area contributed by atoms with Crippen LogP contribution < -0.4 is 5.32 Å². The van der Waals surface area contributed by atoms with E-state index in [0.29, 0.717) is 36.3 Å². The summed E-state index contributed by atoms with van der Waals surface area (Å²) < 4.78 is 31.8. The average Bonchev–Trinajstić information content (AvgIpc) is 2.48. The second kappa shape index (κ2) is 6.51. The van der Waals surface area contributed by atoms with E-state index in [2.05, 4.69) is 10.3 Å². The molecule has 20 heavy (non-hydrogen) atoms. The first-order valence-corrected chi connectivity index (χ1v) is 8.15. The van der Waals surface area contributed by atoms with Crippen molar-refractivity contribution >= 4 is 15.8 Å². The van der Waals surface area contributed by atoms with Gasteiger partial charge in [0, 0.05) is 46.1 Å². The van der Waals surface area contributed by atoms with Gasteiger partial charge in [0.1, 0.15) is 5.82 Å². The fourth-order valence-corrected chi connectivity index (χ4v) is 3.89. The van der Waals surface area contributed by atoms with Crippen LogP contribution in [0.3, 0.4) is 0 Å². The Hall–Kier alpha value is -1.18. The largest absolute Gasteiger partial charge is 0.384 e. The molecule has 1 aromatic rings. The Labute approximate surface area is 120 Å². The minimum atomic E-state index is -3.42. The maximum absolute atomic E-state index is 12.6. The average molecular weight is 299 g/mol. The van der Waals surface area contributed by atoms with Crippen LogP contribution in [0.25, 0.3) is 0 Å². The summed E-state index contributed by atoms with van der Waals surface area (Å²) in [6.45, 7) is 1.80. The molecule has 0 saturated carbocycles. The number of hydrogen-bond donors (Lipinski definition) is 1. The molecule has 2 heterocycles. The van der Waals surface area contributed by atoms with Gasteiger partial charge in [-0.05, 0) is 24.8 Å². The Balaban J connectivity index is 2.11. The van der Waals surface area contributed by atoms with Crippen LogP contribution in [-0.4, -0.2) is 51.6 Å². The minimum Gasteiger partial charge on any atom is -0.384 e. The number of ether oxygens (including phenoxy) is 1. The maximum Gasteiger partial charge on any atom is 0.243 e. The fourth-order valence-electron chi connectivity index (χ4n) is 2.41. The third-order valence-corrected chi connectivity index (χ3v) is 5.50. The molecule has 0 atom stereocenters. The first-order valence-electron chi connectivity index (χ1n) is 6.71. The molecular weight excluding hydrogens is 278 g/mol. The molecule has 1 aromatic heterocycles. The molecule has 2 rings (SSSR count). The Morgan fingerprint density at radius 1 is 1.45 bits per heavy atom. The molecule has 0 unspecified atom stereocenters. The molecule has 0 aromatic carbocycles. The SMILES string of the molecule is CNc1cc(S(=O)(=O)N2CCC(COC)CC2)ccn1. The van der Waals surface area contributed by atoms with Gasteiger partial charge in [0.05, 0.1) is 4.90 Å². The van der Waals surface area contributed by atoms with Gasteiger partial charge in [-0.25, -0.2) is 13.4 Å². The van der Waals surface area contributed by atoms with E-state index >= 15 is 0 Å². The van der Waals surface area contributed by atoms with Crippen LogP contribution in [0.4, 0.5) is 5.82 Å². The van der Waals surface area contributed by atoms with Gasteiger partial charge in [-0.15, -0.1) is 0 Å². The number of anilines is 1. The number of nitrogens with zero attached hydrogens (tertiary/aromatic N) is 2. The Morgan fingerprint density at radius 2 is 2.15 bits per heavy atom. The van der Waals surface area contributed by atoms with Crippen LogP contribution in [0.15, 0.2) is 23.2 Å². The molecule has 1 N–H and O–H groups in total. The molecule has 1 saturated heterocycles. The first-order chi connectivity index (χ1) is 9.57. The van der Waals surface area contributed by atoms with Crippen molar-refractivity contribution in [2.75, 3.05) is 39.2 Å². The van der Waals surface area contributed by atoms with Crippen LogP contribution in [-0.2, 0) is 14.8 Å². The lowest BCUT2D eigenvalue weighted by Crippen LogP contribution is -2.39. The summed E-state index contributed by atoms with van der Waals surface area (Å²) in [5.41, 5.74) is 0. The molecule has 1 aliphatic rings. The number of nitrogens with one attached hydrogen (secondary N) is 1. The number of piperidine rings is 1. The fraction of sp³-hybridized carbons (Fsp3) is 0.615. The summed E-state index contributed by atoms with van der Waals surface area (Å²) in [7, 11) is -0.0233. The smallest absolute Gasteiger partial charge is 0.243 e. The van der Waals surface area contributed by atoms with E-state index in [0.717, 1.165) is 12.8 Å². The molecule has 112 valence electrons. The summed E-state index contributed by atoms with van der Waals surface area (Å²) in [5.74, 6) is 1.01. The first kappa shape index (κ1) is 15.2. The van der Waals surface area contributed by atoms with Crippen LogP contribution in [0, 0.1) is 5.92 Å². The highest BCUT2D eigenvalue weighted by atomic mass is 32.2. The third kappa shape index (κ3) is 3.28. The molecule has 6 nitrogen and oxygen atoms in total. The molecule has 1 fully saturated rings. The monoisotopic (exact) mass is 299 g/mol. The molecule has 0 amide bonds. The van der Waals surface area contributed by atoms with E-state index in [4.69, 9.17) is 4.74 Å². The van der Waals surface area contributed by atoms with E-state index in [1.165, 1.54) is 12.3 Å². The molecule has 0 spiro atoms. The number of aromatic nitrogens is 1. The van der Waals surface area contributed by atoms with E-state index in [1.54, 1.807) is 24.5 Å². The van der Waals surface area contributed by atoms with Gasteiger partial charge < -0.3 is 10.1 Å². The highest BCUT2D eigenvalue weighted by molar-refractivity contribution is 7.89. The summed E-state index contributed by atoms with van der Waals surface area (Å²) in [5, 5.41) is 2.86. The zero-order valence-electron chi connectivity index (χ0n) is 11.9. The van der Waals surface area contributed by atoms with Crippen molar-refractivity contribution in [1.82, 2.24) is 9.29 Å². The number of rotatable bonds is 5. The van der Waals surface area contributed by atoms with Gasteiger partial charge in [-0.3, -0.25) is 0 Å². The number of sulfonamides is 1.